The van der Waals surface area contributed by atoms with Gasteiger partial charge < -0.3 is 0 Å². The van der Waals surface area contributed by atoms with E-state index in [-0.39, 0.29) is 5.03 Å². The van der Waals surface area contributed by atoms with E-state index in [0.29, 0.717) is 5.56 Å². The molecule has 0 atom stereocenters. The Kier molecular flexibility index (Phi) is 3.45. The summed E-state index contributed by atoms with van der Waals surface area (Å²) in [6.07, 6.45) is 0.769. The van der Waals surface area contributed by atoms with Gasteiger partial charge in [0.05, 0.1) is 4.92 Å². The van der Waals surface area contributed by atoms with Crippen LogP contribution >= 0.6 is 27.5 Å². The first-order valence-corrected chi connectivity index (χ1v) is 4.53. The molecule has 3 nitrogen and oxygen atoms in total. The van der Waals surface area contributed by atoms with Crippen LogP contribution in [0.15, 0.2) is 34.9 Å². The SMILES string of the molecule is O=[N+]([O-])C=C(Cl)c1ccc(Br)cc1. The summed E-state index contributed by atoms with van der Waals surface area (Å²) in [6, 6.07) is 6.94. The fraction of sp³-hybridized carbons (Fsp3) is 0. The summed E-state index contributed by atoms with van der Waals surface area (Å²) in [5.74, 6) is 0. The van der Waals surface area contributed by atoms with Gasteiger partial charge in [-0.2, -0.15) is 0 Å². The maximum Gasteiger partial charge on any atom is 0.253 e. The van der Waals surface area contributed by atoms with Gasteiger partial charge in [0.25, 0.3) is 6.20 Å². The van der Waals surface area contributed by atoms with Gasteiger partial charge >= 0.3 is 0 Å². The average molecular weight is 262 g/mol. The quantitative estimate of drug-likeness (QED) is 0.606. The maximum atomic E-state index is 10.1. The first-order chi connectivity index (χ1) is 6.09. The zero-order valence-corrected chi connectivity index (χ0v) is 8.75. The highest BCUT2D eigenvalue weighted by molar-refractivity contribution is 9.10. The fourth-order valence-corrected chi connectivity index (χ4v) is 1.25. The second-order valence-corrected chi connectivity index (χ2v) is 3.59. The molecule has 0 fully saturated rings. The van der Waals surface area contributed by atoms with Gasteiger partial charge in [-0.1, -0.05) is 39.7 Å². The Labute approximate surface area is 88.3 Å². The molecule has 0 aliphatic rings. The zero-order chi connectivity index (χ0) is 9.84. The molecule has 13 heavy (non-hydrogen) atoms. The predicted molar refractivity (Wildman–Crippen MR) is 55.0 cm³/mol. The molecule has 0 saturated heterocycles. The molecule has 0 heterocycles. The molecule has 0 aliphatic carbocycles. The van der Waals surface area contributed by atoms with E-state index < -0.39 is 4.92 Å². The molecule has 0 unspecified atom stereocenters. The predicted octanol–water partition coefficient (Wildman–Crippen LogP) is 3.26. The van der Waals surface area contributed by atoms with Crippen molar-refractivity contribution < 1.29 is 4.92 Å². The standard InChI is InChI=1S/C8H5BrClNO2/c9-7-3-1-6(2-4-7)8(10)5-11(12)13/h1-5H. The van der Waals surface area contributed by atoms with Crippen LogP contribution in [0, 0.1) is 10.1 Å². The van der Waals surface area contributed by atoms with E-state index in [9.17, 15) is 10.1 Å². The molecule has 0 saturated carbocycles. The van der Waals surface area contributed by atoms with Crippen LogP contribution in [0.2, 0.25) is 0 Å². The Hall–Kier alpha value is -0.870. The van der Waals surface area contributed by atoms with E-state index in [1.54, 1.807) is 24.3 Å². The van der Waals surface area contributed by atoms with E-state index in [1.807, 2.05) is 0 Å². The Balaban J connectivity index is 2.96. The minimum atomic E-state index is -0.579. The monoisotopic (exact) mass is 261 g/mol. The molecule has 1 rings (SSSR count). The normalized spacial score (nSPS) is 11.4. The Bertz CT molecular complexity index is 348. The van der Waals surface area contributed by atoms with E-state index in [2.05, 4.69) is 15.9 Å². The van der Waals surface area contributed by atoms with Gasteiger partial charge in [-0.3, -0.25) is 10.1 Å². The first kappa shape index (κ1) is 10.2. The second-order valence-electron chi connectivity index (χ2n) is 2.27. The number of hydrogen-bond donors (Lipinski definition) is 0. The number of nitro groups is 1. The highest BCUT2D eigenvalue weighted by Gasteiger charge is 2.01. The molecule has 1 aromatic carbocycles. The van der Waals surface area contributed by atoms with Gasteiger partial charge in [0.15, 0.2) is 0 Å². The molecular weight excluding hydrogens is 257 g/mol. The van der Waals surface area contributed by atoms with Crippen molar-refractivity contribution in [2.45, 2.75) is 0 Å². The molecule has 0 aromatic heterocycles. The summed E-state index contributed by atoms with van der Waals surface area (Å²) in [5, 5.41) is 10.2. The van der Waals surface area contributed by atoms with Gasteiger partial charge in [0.2, 0.25) is 0 Å². The van der Waals surface area contributed by atoms with E-state index in [0.717, 1.165) is 10.7 Å². The minimum absolute atomic E-state index is 0.123. The molecule has 0 bridgehead atoms. The second kappa shape index (κ2) is 4.39. The van der Waals surface area contributed by atoms with Crippen LogP contribution in [0.25, 0.3) is 5.03 Å². The van der Waals surface area contributed by atoms with E-state index in [4.69, 9.17) is 11.6 Å². The number of nitrogens with zero attached hydrogens (tertiary/aromatic N) is 1. The van der Waals surface area contributed by atoms with Gasteiger partial charge in [-0.15, -0.1) is 0 Å². The minimum Gasteiger partial charge on any atom is -0.259 e. The highest BCUT2D eigenvalue weighted by atomic mass is 79.9. The van der Waals surface area contributed by atoms with Crippen LogP contribution in [-0.4, -0.2) is 4.92 Å². The van der Waals surface area contributed by atoms with Crippen LogP contribution in [-0.2, 0) is 0 Å². The third kappa shape index (κ3) is 3.16. The lowest BCUT2D eigenvalue weighted by atomic mass is 10.2. The molecule has 1 aromatic rings. The van der Waals surface area contributed by atoms with Crippen molar-refractivity contribution >= 4 is 32.6 Å². The van der Waals surface area contributed by atoms with Crippen LogP contribution < -0.4 is 0 Å². The van der Waals surface area contributed by atoms with Crippen molar-refractivity contribution in [3.05, 3.63) is 50.6 Å². The van der Waals surface area contributed by atoms with Gasteiger partial charge in [-0.05, 0) is 17.7 Å². The third-order valence-electron chi connectivity index (χ3n) is 1.34. The summed E-state index contributed by atoms with van der Waals surface area (Å²) >= 11 is 8.91. The van der Waals surface area contributed by atoms with Crippen molar-refractivity contribution in [1.29, 1.82) is 0 Å². The topological polar surface area (TPSA) is 43.1 Å². The van der Waals surface area contributed by atoms with Crippen molar-refractivity contribution in [2.75, 3.05) is 0 Å². The molecule has 68 valence electrons. The Morgan fingerprint density at radius 3 is 2.46 bits per heavy atom. The zero-order valence-electron chi connectivity index (χ0n) is 6.41. The third-order valence-corrected chi connectivity index (χ3v) is 2.18. The molecule has 5 heteroatoms. The number of halogens is 2. The van der Waals surface area contributed by atoms with Crippen molar-refractivity contribution in [1.82, 2.24) is 0 Å². The average Bonchev–Trinajstić information content (AvgIpc) is 2.04. The molecule has 0 aliphatic heterocycles. The largest absolute Gasteiger partial charge is 0.259 e. The van der Waals surface area contributed by atoms with Gasteiger partial charge in [0.1, 0.15) is 5.03 Å². The molecule has 0 spiro atoms. The smallest absolute Gasteiger partial charge is 0.253 e. The lowest BCUT2D eigenvalue weighted by molar-refractivity contribution is -0.401. The van der Waals surface area contributed by atoms with Crippen molar-refractivity contribution in [3.8, 4) is 0 Å². The Morgan fingerprint density at radius 1 is 1.46 bits per heavy atom. The number of hydrogen-bond acceptors (Lipinski definition) is 2. The lowest BCUT2D eigenvalue weighted by Gasteiger charge is -1.95. The van der Waals surface area contributed by atoms with Crippen LogP contribution in [0.3, 0.4) is 0 Å². The van der Waals surface area contributed by atoms with E-state index >= 15 is 0 Å². The number of benzene rings is 1. The Morgan fingerprint density at radius 2 is 2.00 bits per heavy atom. The van der Waals surface area contributed by atoms with Crippen molar-refractivity contribution in [2.24, 2.45) is 0 Å². The number of rotatable bonds is 2. The van der Waals surface area contributed by atoms with Gasteiger partial charge in [0, 0.05) is 4.47 Å². The van der Waals surface area contributed by atoms with Crippen LogP contribution in [0.5, 0.6) is 0 Å². The fourth-order valence-electron chi connectivity index (χ4n) is 0.776. The molecular formula is C8H5BrClNO2. The lowest BCUT2D eigenvalue weighted by Crippen LogP contribution is -1.85. The summed E-state index contributed by atoms with van der Waals surface area (Å²) in [5.41, 5.74) is 0.626. The van der Waals surface area contributed by atoms with Crippen molar-refractivity contribution in [3.63, 3.8) is 0 Å². The van der Waals surface area contributed by atoms with E-state index in [1.165, 1.54) is 0 Å². The first-order valence-electron chi connectivity index (χ1n) is 3.36. The summed E-state index contributed by atoms with van der Waals surface area (Å²) in [7, 11) is 0. The highest BCUT2D eigenvalue weighted by Crippen LogP contribution is 2.20. The van der Waals surface area contributed by atoms with Gasteiger partial charge in [-0.25, -0.2) is 0 Å². The summed E-state index contributed by atoms with van der Waals surface area (Å²) in [6.45, 7) is 0. The summed E-state index contributed by atoms with van der Waals surface area (Å²) < 4.78 is 0.904. The summed E-state index contributed by atoms with van der Waals surface area (Å²) in [4.78, 5) is 9.51. The molecule has 0 N–H and O–H groups in total. The van der Waals surface area contributed by atoms with Crippen LogP contribution in [0.4, 0.5) is 0 Å². The molecule has 0 amide bonds. The van der Waals surface area contributed by atoms with Crippen LogP contribution in [0.1, 0.15) is 5.56 Å². The molecule has 0 radical (unpaired) electrons. The maximum absolute atomic E-state index is 10.1.